The van der Waals surface area contributed by atoms with Crippen LogP contribution in [0.2, 0.25) is 0 Å². The fourth-order valence-electron chi connectivity index (χ4n) is 17.8. The van der Waals surface area contributed by atoms with Crippen LogP contribution in [0.5, 0.6) is 0 Å². The number of rotatable bonds is 7. The van der Waals surface area contributed by atoms with E-state index in [2.05, 4.69) is 319 Å². The number of anilines is 3. The molecule has 19 rings (SSSR count). The van der Waals surface area contributed by atoms with E-state index in [0.29, 0.717) is 0 Å². The van der Waals surface area contributed by atoms with E-state index in [1.165, 1.54) is 122 Å². The molecule has 2 heterocycles. The summed E-state index contributed by atoms with van der Waals surface area (Å²) in [5.74, 6) is 0. The van der Waals surface area contributed by atoms with E-state index in [1.807, 2.05) is 0 Å². The second kappa shape index (κ2) is 18.2. The highest BCUT2D eigenvalue weighted by Gasteiger charge is 2.53. The summed E-state index contributed by atoms with van der Waals surface area (Å²) in [5.41, 5.74) is 31.5. The molecule has 0 unspecified atom stereocenters. The molecule has 3 nitrogen and oxygen atoms in total. The molecule has 3 heteroatoms. The average Bonchev–Trinajstić information content (AvgIpc) is 1.51. The van der Waals surface area contributed by atoms with Crippen LogP contribution in [-0.4, -0.2) is 0 Å². The van der Waals surface area contributed by atoms with Gasteiger partial charge in [0.15, 0.2) is 0 Å². The Bertz CT molecular complexity index is 5470. The maximum Gasteiger partial charge on any atom is 0.144 e. The van der Waals surface area contributed by atoms with Crippen LogP contribution < -0.4 is 4.90 Å². The number of hydrogen-bond acceptors (Lipinski definition) is 3. The Morgan fingerprint density at radius 2 is 0.767 bits per heavy atom. The molecule has 0 saturated carbocycles. The molecule has 0 atom stereocenters. The number of benzene rings is 13. The van der Waals surface area contributed by atoms with Gasteiger partial charge in [-0.3, -0.25) is 0 Å². The predicted octanol–water partition coefficient (Wildman–Crippen LogP) is 22.6. The standard InChI is InChI=1S/C87H61NO2/c1-52-26-18-23-39-72(52)88(57-43-45-61-68(48-57)85(4,5)81-78(61)79-63-37-21-25-41-74(63)90-83(79)80-60-35-19-22-38-66(60)84(2,3)82(80)81)58-42-44-59-64-50-71-65(51-70(64)87(69(59)49-58,55-31-14-8-15-32-55)56-33-16-9-17-34-56)76-67(46-47-75-77(76)62-36-20-24-40-73(62)89-75)86(71,53-27-10-6-11-28-53)54-29-12-7-13-30-54/h6-51H,1-5H3. The van der Waals surface area contributed by atoms with E-state index in [0.717, 1.165) is 55.6 Å². The Balaban J connectivity index is 0.885. The zero-order valence-electron chi connectivity index (χ0n) is 50.8. The lowest BCUT2D eigenvalue weighted by Gasteiger charge is -2.36. The van der Waals surface area contributed by atoms with E-state index in [-0.39, 0.29) is 10.8 Å². The van der Waals surface area contributed by atoms with Gasteiger partial charge in [-0.1, -0.05) is 246 Å². The number of nitrogens with zero attached hydrogens (tertiary/aromatic N) is 1. The van der Waals surface area contributed by atoms with E-state index >= 15 is 0 Å². The molecule has 0 spiro atoms. The molecule has 426 valence electrons. The molecule has 2 aromatic heterocycles. The molecule has 0 amide bonds. The van der Waals surface area contributed by atoms with E-state index in [4.69, 9.17) is 8.83 Å². The van der Waals surface area contributed by atoms with Crippen LogP contribution in [0.4, 0.5) is 17.1 Å². The van der Waals surface area contributed by atoms with Crippen LogP contribution in [-0.2, 0) is 21.7 Å². The van der Waals surface area contributed by atoms with Crippen molar-refractivity contribution in [2.45, 2.75) is 56.3 Å². The minimum atomic E-state index is -0.752. The largest absolute Gasteiger partial charge is 0.456 e. The third kappa shape index (κ3) is 6.43. The lowest BCUT2D eigenvalue weighted by molar-refractivity contribution is 0.600. The Morgan fingerprint density at radius 1 is 0.300 bits per heavy atom. The zero-order chi connectivity index (χ0) is 60.0. The molecule has 4 aliphatic rings. The maximum absolute atomic E-state index is 7.09. The highest BCUT2D eigenvalue weighted by Crippen LogP contribution is 2.67. The molecule has 0 fully saturated rings. The summed E-state index contributed by atoms with van der Waals surface area (Å²) in [7, 11) is 0. The van der Waals surface area contributed by atoms with Gasteiger partial charge in [-0.2, -0.15) is 0 Å². The fraction of sp³-hybridized carbons (Fsp3) is 0.103. The molecule has 0 aliphatic heterocycles. The van der Waals surface area contributed by atoms with Gasteiger partial charge in [-0.15, -0.1) is 0 Å². The highest BCUT2D eigenvalue weighted by atomic mass is 16.3. The molecule has 0 saturated heterocycles. The Morgan fingerprint density at radius 3 is 1.41 bits per heavy atom. The topological polar surface area (TPSA) is 29.5 Å². The minimum Gasteiger partial charge on any atom is -0.456 e. The second-order valence-electron chi connectivity index (χ2n) is 26.5. The van der Waals surface area contributed by atoms with Gasteiger partial charge >= 0.3 is 0 Å². The van der Waals surface area contributed by atoms with Crippen molar-refractivity contribution in [2.24, 2.45) is 0 Å². The van der Waals surface area contributed by atoms with Gasteiger partial charge in [-0.05, 0) is 179 Å². The lowest BCUT2D eigenvalue weighted by atomic mass is 9.66. The van der Waals surface area contributed by atoms with E-state index in [1.54, 1.807) is 0 Å². The third-order valence-corrected chi connectivity index (χ3v) is 21.5. The molecule has 0 N–H and O–H groups in total. The zero-order valence-corrected chi connectivity index (χ0v) is 50.8. The van der Waals surface area contributed by atoms with Gasteiger partial charge in [0.1, 0.15) is 22.3 Å². The number of para-hydroxylation sites is 3. The monoisotopic (exact) mass is 1150 g/mol. The quantitative estimate of drug-likeness (QED) is 0.159. The molecule has 13 aromatic carbocycles. The summed E-state index contributed by atoms with van der Waals surface area (Å²) in [5, 5.41) is 4.64. The summed E-state index contributed by atoms with van der Waals surface area (Å²) in [4.78, 5) is 2.54. The first-order valence-corrected chi connectivity index (χ1v) is 31.7. The van der Waals surface area contributed by atoms with Crippen molar-refractivity contribution in [2.75, 3.05) is 4.90 Å². The van der Waals surface area contributed by atoms with Crippen molar-refractivity contribution >= 4 is 60.9 Å². The minimum absolute atomic E-state index is 0.265. The highest BCUT2D eigenvalue weighted by molar-refractivity contribution is 6.21. The third-order valence-electron chi connectivity index (χ3n) is 21.5. The summed E-state index contributed by atoms with van der Waals surface area (Å²) >= 11 is 0. The van der Waals surface area contributed by atoms with Crippen molar-refractivity contribution in [3.05, 3.63) is 351 Å². The van der Waals surface area contributed by atoms with Crippen LogP contribution in [0.25, 0.3) is 88.4 Å². The van der Waals surface area contributed by atoms with Crippen LogP contribution in [0.3, 0.4) is 0 Å². The van der Waals surface area contributed by atoms with Crippen molar-refractivity contribution in [1.29, 1.82) is 0 Å². The van der Waals surface area contributed by atoms with Gasteiger partial charge in [0.2, 0.25) is 0 Å². The number of hydrogen-bond donors (Lipinski definition) is 0. The first kappa shape index (κ1) is 51.3. The van der Waals surface area contributed by atoms with Gasteiger partial charge < -0.3 is 13.7 Å². The van der Waals surface area contributed by atoms with Crippen molar-refractivity contribution in [1.82, 2.24) is 0 Å². The SMILES string of the molecule is Cc1ccccc1N(c1ccc2c(c1)C(C)(C)c1c3c(c4oc5ccccc5c4c1-2)-c1ccccc1C3(C)C)c1ccc2c(c1)C(c1ccccc1)(c1ccccc1)c1cc3c(cc1-2)C(c1ccccc1)(c1ccccc1)c1ccc2oc4ccccc4c2c1-3. The summed E-state index contributed by atoms with van der Waals surface area (Å²) in [6.07, 6.45) is 0. The molecule has 90 heavy (non-hydrogen) atoms. The first-order valence-electron chi connectivity index (χ1n) is 31.7. The molecule has 0 bridgehead atoms. The lowest BCUT2D eigenvalue weighted by Crippen LogP contribution is -2.30. The molecular weight excluding hydrogens is 1090 g/mol. The van der Waals surface area contributed by atoms with Crippen LogP contribution in [0.1, 0.15) is 100 Å². The van der Waals surface area contributed by atoms with E-state index in [9.17, 15) is 0 Å². The van der Waals surface area contributed by atoms with Crippen molar-refractivity contribution < 1.29 is 8.83 Å². The van der Waals surface area contributed by atoms with Gasteiger partial charge in [0.25, 0.3) is 0 Å². The molecular formula is C87H61NO2. The Hall–Kier alpha value is -10.7. The fourth-order valence-corrected chi connectivity index (χ4v) is 17.8. The molecule has 4 aliphatic carbocycles. The Labute approximate surface area is 523 Å². The molecule has 0 radical (unpaired) electrons. The van der Waals surface area contributed by atoms with Crippen molar-refractivity contribution in [3.8, 4) is 44.5 Å². The average molecular weight is 1150 g/mol. The summed E-state index contributed by atoms with van der Waals surface area (Å²) < 4.78 is 13.9. The van der Waals surface area contributed by atoms with Crippen LogP contribution in [0, 0.1) is 6.92 Å². The van der Waals surface area contributed by atoms with Gasteiger partial charge in [0.05, 0.1) is 10.8 Å². The summed E-state index contributed by atoms with van der Waals surface area (Å²) in [6.45, 7) is 12.0. The van der Waals surface area contributed by atoms with Crippen LogP contribution in [0.15, 0.2) is 288 Å². The molecule has 15 aromatic rings. The Kier molecular flexibility index (Phi) is 10.4. The van der Waals surface area contributed by atoms with Gasteiger partial charge in [0, 0.05) is 55.0 Å². The van der Waals surface area contributed by atoms with E-state index < -0.39 is 10.8 Å². The van der Waals surface area contributed by atoms with Gasteiger partial charge in [-0.25, -0.2) is 0 Å². The number of aryl methyl sites for hydroxylation is 1. The number of furan rings is 2. The smallest absolute Gasteiger partial charge is 0.144 e. The number of fused-ring (bicyclic) bond motifs is 22. The van der Waals surface area contributed by atoms with Crippen molar-refractivity contribution in [3.63, 3.8) is 0 Å². The summed E-state index contributed by atoms with van der Waals surface area (Å²) in [6, 6.07) is 105. The second-order valence-corrected chi connectivity index (χ2v) is 26.5. The normalized spacial score (nSPS) is 15.3. The van der Waals surface area contributed by atoms with Crippen LogP contribution >= 0.6 is 0 Å². The predicted molar refractivity (Wildman–Crippen MR) is 370 cm³/mol. The first-order chi connectivity index (χ1) is 44.1. The maximum atomic E-state index is 7.09.